The highest BCUT2D eigenvalue weighted by molar-refractivity contribution is 5.68. The van der Waals surface area contributed by atoms with Crippen LogP contribution in [0.3, 0.4) is 0 Å². The number of rotatable bonds is 3. The smallest absolute Gasteiger partial charge is 0.318 e. The summed E-state index contributed by atoms with van der Waals surface area (Å²) >= 11 is 0. The molecule has 0 amide bonds. The number of benzene rings is 1. The van der Waals surface area contributed by atoms with Crippen molar-refractivity contribution in [2.75, 3.05) is 0 Å². The van der Waals surface area contributed by atoms with E-state index in [2.05, 4.69) is 19.9 Å². The highest BCUT2D eigenvalue weighted by Crippen LogP contribution is 2.10. The maximum atomic E-state index is 5.49. The van der Waals surface area contributed by atoms with Crippen LogP contribution in [0, 0.1) is 0 Å². The van der Waals surface area contributed by atoms with Crippen molar-refractivity contribution in [1.29, 1.82) is 0 Å². The molecule has 0 fully saturated rings. The predicted octanol–water partition coefficient (Wildman–Crippen LogP) is 1.93. The molecule has 1 aromatic carbocycles. The Hall–Kier alpha value is -2.43. The minimum absolute atomic E-state index is 0.341. The fraction of sp³-hybridized carbons (Fsp3) is 0.0833. The minimum Gasteiger partial charge on any atom is -0.459 e. The second-order valence-electron chi connectivity index (χ2n) is 3.57. The highest BCUT2D eigenvalue weighted by Gasteiger charge is 2.02. The molecule has 1 N–H and O–H groups in total. The van der Waals surface area contributed by atoms with E-state index in [9.17, 15) is 0 Å². The van der Waals surface area contributed by atoms with Gasteiger partial charge in [0.25, 0.3) is 0 Å². The van der Waals surface area contributed by atoms with E-state index < -0.39 is 0 Å². The fourth-order valence-electron chi connectivity index (χ4n) is 1.51. The van der Waals surface area contributed by atoms with Crippen LogP contribution < -0.4 is 4.74 Å². The summed E-state index contributed by atoms with van der Waals surface area (Å²) in [6.45, 7) is 0.455. The monoisotopic (exact) mass is 226 g/mol. The second kappa shape index (κ2) is 4.21. The van der Waals surface area contributed by atoms with E-state index >= 15 is 0 Å². The normalized spacial score (nSPS) is 10.6. The average molecular weight is 226 g/mol. The van der Waals surface area contributed by atoms with Gasteiger partial charge in [-0.2, -0.15) is 4.98 Å². The van der Waals surface area contributed by atoms with E-state index in [1.54, 1.807) is 12.5 Å². The standard InChI is InChI=1S/C12H10N4O/c1-2-4-9(5-3-1)7-17-12-13-6-10-11(16-12)15-8-14-10/h1-6,8H,7H2,(H,13,14,15,16). The molecule has 5 nitrogen and oxygen atoms in total. The van der Waals surface area contributed by atoms with Gasteiger partial charge in [-0.3, -0.25) is 0 Å². The zero-order valence-electron chi connectivity index (χ0n) is 9.00. The maximum absolute atomic E-state index is 5.49. The molecular formula is C12H10N4O. The van der Waals surface area contributed by atoms with Gasteiger partial charge < -0.3 is 9.72 Å². The molecule has 2 heterocycles. The molecular weight excluding hydrogens is 216 g/mol. The Kier molecular flexibility index (Phi) is 2.42. The van der Waals surface area contributed by atoms with Crippen LogP contribution in [0.1, 0.15) is 5.56 Å². The molecule has 0 aliphatic rings. The lowest BCUT2D eigenvalue weighted by Crippen LogP contribution is -1.99. The van der Waals surface area contributed by atoms with Crippen molar-refractivity contribution in [2.45, 2.75) is 6.61 Å². The summed E-state index contributed by atoms with van der Waals surface area (Å²) in [5.41, 5.74) is 2.50. The molecule has 0 atom stereocenters. The van der Waals surface area contributed by atoms with Crippen molar-refractivity contribution in [3.05, 3.63) is 48.4 Å². The van der Waals surface area contributed by atoms with E-state index in [1.807, 2.05) is 30.3 Å². The lowest BCUT2D eigenvalue weighted by atomic mass is 10.2. The van der Waals surface area contributed by atoms with Gasteiger partial charge in [0.15, 0.2) is 5.65 Å². The Morgan fingerprint density at radius 2 is 2.00 bits per heavy atom. The van der Waals surface area contributed by atoms with Crippen LogP contribution in [-0.2, 0) is 6.61 Å². The molecule has 3 rings (SSSR count). The number of aromatic nitrogens is 4. The zero-order chi connectivity index (χ0) is 11.5. The molecule has 0 aliphatic carbocycles. The lowest BCUT2D eigenvalue weighted by molar-refractivity contribution is 0.282. The first kappa shape index (κ1) is 9.77. The van der Waals surface area contributed by atoms with Gasteiger partial charge in [-0.05, 0) is 5.56 Å². The number of nitrogens with one attached hydrogen (secondary N) is 1. The number of fused-ring (bicyclic) bond motifs is 1. The van der Waals surface area contributed by atoms with Crippen LogP contribution in [0.5, 0.6) is 6.01 Å². The summed E-state index contributed by atoms with van der Waals surface area (Å²) in [6.07, 6.45) is 3.25. The lowest BCUT2D eigenvalue weighted by Gasteiger charge is -2.03. The first-order valence-electron chi connectivity index (χ1n) is 5.25. The van der Waals surface area contributed by atoms with E-state index in [-0.39, 0.29) is 0 Å². The van der Waals surface area contributed by atoms with Crippen molar-refractivity contribution in [2.24, 2.45) is 0 Å². The predicted molar refractivity (Wildman–Crippen MR) is 62.5 cm³/mol. The molecule has 0 saturated carbocycles. The molecule has 17 heavy (non-hydrogen) atoms. The van der Waals surface area contributed by atoms with Crippen LogP contribution in [-0.4, -0.2) is 19.9 Å². The van der Waals surface area contributed by atoms with Crippen LogP contribution >= 0.6 is 0 Å². The number of nitrogens with zero attached hydrogens (tertiary/aromatic N) is 3. The third kappa shape index (κ3) is 2.08. The second-order valence-corrected chi connectivity index (χ2v) is 3.57. The topological polar surface area (TPSA) is 63.7 Å². The summed E-state index contributed by atoms with van der Waals surface area (Å²) in [7, 11) is 0. The fourth-order valence-corrected chi connectivity index (χ4v) is 1.51. The van der Waals surface area contributed by atoms with E-state index in [4.69, 9.17) is 4.74 Å². The number of aromatic amines is 1. The van der Waals surface area contributed by atoms with Gasteiger partial charge in [0.2, 0.25) is 0 Å². The SMILES string of the molecule is c1ccc(COc2ncc3[nH]cnc3n2)cc1. The van der Waals surface area contributed by atoms with Crippen LogP contribution in [0.25, 0.3) is 11.2 Å². The molecule has 5 heteroatoms. The van der Waals surface area contributed by atoms with Crippen molar-refractivity contribution in [3.63, 3.8) is 0 Å². The molecule has 0 unspecified atom stereocenters. The third-order valence-corrected chi connectivity index (χ3v) is 2.36. The summed E-state index contributed by atoms with van der Waals surface area (Å²) in [5, 5.41) is 0. The minimum atomic E-state index is 0.341. The van der Waals surface area contributed by atoms with Gasteiger partial charge >= 0.3 is 6.01 Å². The first-order valence-corrected chi connectivity index (χ1v) is 5.25. The van der Waals surface area contributed by atoms with Crippen LogP contribution in [0.2, 0.25) is 0 Å². The van der Waals surface area contributed by atoms with Gasteiger partial charge in [0.05, 0.1) is 12.5 Å². The van der Waals surface area contributed by atoms with E-state index in [0.29, 0.717) is 18.3 Å². The van der Waals surface area contributed by atoms with Crippen molar-refractivity contribution < 1.29 is 4.74 Å². The van der Waals surface area contributed by atoms with E-state index in [0.717, 1.165) is 11.1 Å². The van der Waals surface area contributed by atoms with Crippen LogP contribution in [0.4, 0.5) is 0 Å². The molecule has 2 aromatic heterocycles. The summed E-state index contributed by atoms with van der Waals surface area (Å²) in [5.74, 6) is 0. The molecule has 84 valence electrons. The zero-order valence-corrected chi connectivity index (χ0v) is 9.00. The average Bonchev–Trinajstić information content (AvgIpc) is 2.85. The van der Waals surface area contributed by atoms with Gasteiger partial charge in [0, 0.05) is 0 Å². The van der Waals surface area contributed by atoms with Gasteiger partial charge in [-0.15, -0.1) is 0 Å². The Balaban J connectivity index is 1.76. The largest absolute Gasteiger partial charge is 0.459 e. The number of hydrogen-bond acceptors (Lipinski definition) is 4. The Morgan fingerprint density at radius 1 is 1.12 bits per heavy atom. The third-order valence-electron chi connectivity index (χ3n) is 2.36. The number of ether oxygens (including phenoxy) is 1. The molecule has 0 aliphatic heterocycles. The number of hydrogen-bond donors (Lipinski definition) is 1. The van der Waals surface area contributed by atoms with Crippen molar-refractivity contribution in [3.8, 4) is 6.01 Å². The van der Waals surface area contributed by atoms with Gasteiger partial charge in [-0.25, -0.2) is 9.97 Å². The quantitative estimate of drug-likeness (QED) is 0.741. The molecule has 3 aromatic rings. The Labute approximate surface area is 97.5 Å². The van der Waals surface area contributed by atoms with Crippen LogP contribution in [0.15, 0.2) is 42.9 Å². The molecule has 0 radical (unpaired) electrons. The van der Waals surface area contributed by atoms with Gasteiger partial charge in [0.1, 0.15) is 12.1 Å². The Morgan fingerprint density at radius 3 is 2.88 bits per heavy atom. The molecule has 0 spiro atoms. The van der Waals surface area contributed by atoms with Crippen molar-refractivity contribution in [1.82, 2.24) is 19.9 Å². The number of imidazole rings is 1. The number of H-pyrrole nitrogens is 1. The summed E-state index contributed by atoms with van der Waals surface area (Å²) in [4.78, 5) is 15.2. The summed E-state index contributed by atoms with van der Waals surface area (Å²) in [6, 6.07) is 10.2. The van der Waals surface area contributed by atoms with Gasteiger partial charge in [-0.1, -0.05) is 30.3 Å². The van der Waals surface area contributed by atoms with Crippen molar-refractivity contribution >= 4 is 11.2 Å². The molecule has 0 saturated heterocycles. The molecule has 0 bridgehead atoms. The highest BCUT2D eigenvalue weighted by atomic mass is 16.5. The maximum Gasteiger partial charge on any atom is 0.318 e. The van der Waals surface area contributed by atoms with E-state index in [1.165, 1.54) is 0 Å². The first-order chi connectivity index (χ1) is 8.42. The summed E-state index contributed by atoms with van der Waals surface area (Å²) < 4.78 is 5.49. The Bertz CT molecular complexity index is 620.